The van der Waals surface area contributed by atoms with Gasteiger partial charge in [-0.05, 0) is 65.6 Å². The number of nitrogens with zero attached hydrogens (tertiary/aromatic N) is 2. The molecule has 1 aromatic heterocycles. The Balaban J connectivity index is 1.96. The van der Waals surface area contributed by atoms with Crippen molar-refractivity contribution in [1.29, 1.82) is 0 Å². The molecule has 0 saturated carbocycles. The smallest absolute Gasteiger partial charge is 0.149 e. The molecule has 0 aliphatic carbocycles. The summed E-state index contributed by atoms with van der Waals surface area (Å²) in [5.41, 5.74) is 8.73. The zero-order valence-electron chi connectivity index (χ0n) is 19.4. The Morgan fingerprint density at radius 2 is 1.50 bits per heavy atom. The highest BCUT2D eigenvalue weighted by Crippen LogP contribution is 2.39. The van der Waals surface area contributed by atoms with Crippen molar-refractivity contribution in [2.24, 2.45) is 5.10 Å². The van der Waals surface area contributed by atoms with Gasteiger partial charge in [0.2, 0.25) is 0 Å². The van der Waals surface area contributed by atoms with Crippen LogP contribution in [0.25, 0.3) is 10.9 Å². The Morgan fingerprint density at radius 3 is 2.07 bits per heavy atom. The number of aromatic hydroxyl groups is 1. The fraction of sp³-hybridized carbons (Fsp3) is 0.385. The largest absolute Gasteiger partial charge is 0.507 e. The molecule has 1 heterocycles. The predicted molar refractivity (Wildman–Crippen MR) is 128 cm³/mol. The normalized spacial score (nSPS) is 12.7. The van der Waals surface area contributed by atoms with Gasteiger partial charge < -0.3 is 5.11 Å². The van der Waals surface area contributed by atoms with E-state index in [9.17, 15) is 5.11 Å². The van der Waals surface area contributed by atoms with Crippen molar-refractivity contribution in [2.75, 3.05) is 5.43 Å². The first-order chi connectivity index (χ1) is 13.9. The monoisotopic (exact) mass is 403 g/mol. The summed E-state index contributed by atoms with van der Waals surface area (Å²) >= 11 is 0. The number of anilines is 1. The van der Waals surface area contributed by atoms with Crippen LogP contribution in [0, 0.1) is 13.8 Å². The standard InChI is InChI=1S/C26H33N3O/c1-16-9-10-19-12-17(2)24(28-22(19)11-16)29-27-15-18-13-20(25(3,4)5)23(30)21(14-18)26(6,7)8/h9-15,30H,1-8H3,(H,28,29). The maximum atomic E-state index is 10.9. The summed E-state index contributed by atoms with van der Waals surface area (Å²) in [4.78, 5) is 4.73. The minimum absolute atomic E-state index is 0.171. The molecule has 0 aliphatic rings. The van der Waals surface area contributed by atoms with Crippen molar-refractivity contribution >= 4 is 22.9 Å². The van der Waals surface area contributed by atoms with Crippen LogP contribution >= 0.6 is 0 Å². The molecule has 0 aliphatic heterocycles. The SMILES string of the molecule is Cc1ccc2cc(C)c(NN=Cc3cc(C(C)(C)C)c(O)c(C(C)(C)C)c3)nc2c1. The van der Waals surface area contributed by atoms with E-state index in [0.717, 1.165) is 39.0 Å². The Hall–Kier alpha value is -2.88. The quantitative estimate of drug-likeness (QED) is 0.383. The van der Waals surface area contributed by atoms with Crippen LogP contribution in [0.3, 0.4) is 0 Å². The molecule has 30 heavy (non-hydrogen) atoms. The summed E-state index contributed by atoms with van der Waals surface area (Å²) < 4.78 is 0. The maximum Gasteiger partial charge on any atom is 0.149 e. The maximum absolute atomic E-state index is 10.9. The lowest BCUT2D eigenvalue weighted by Crippen LogP contribution is -2.18. The van der Waals surface area contributed by atoms with Crippen LogP contribution in [-0.4, -0.2) is 16.3 Å². The number of aromatic nitrogens is 1. The van der Waals surface area contributed by atoms with E-state index in [-0.39, 0.29) is 10.8 Å². The number of hydrogen-bond donors (Lipinski definition) is 2. The van der Waals surface area contributed by atoms with Gasteiger partial charge in [-0.15, -0.1) is 0 Å². The Labute approximate surface area is 180 Å². The third kappa shape index (κ3) is 4.64. The number of hydrazone groups is 1. The molecule has 0 spiro atoms. The number of nitrogens with one attached hydrogen (secondary N) is 1. The molecule has 2 aromatic carbocycles. The number of hydrogen-bond acceptors (Lipinski definition) is 4. The molecule has 0 fully saturated rings. The second-order valence-corrected chi connectivity index (χ2v) is 10.2. The molecule has 0 amide bonds. The zero-order valence-corrected chi connectivity index (χ0v) is 19.4. The topological polar surface area (TPSA) is 57.5 Å². The minimum atomic E-state index is -0.171. The van der Waals surface area contributed by atoms with Crippen LogP contribution in [0.2, 0.25) is 0 Å². The van der Waals surface area contributed by atoms with Crippen molar-refractivity contribution in [3.63, 3.8) is 0 Å². The van der Waals surface area contributed by atoms with Crippen LogP contribution < -0.4 is 5.43 Å². The number of aryl methyl sites for hydroxylation is 2. The van der Waals surface area contributed by atoms with Crippen LogP contribution in [0.5, 0.6) is 5.75 Å². The lowest BCUT2D eigenvalue weighted by atomic mass is 9.78. The van der Waals surface area contributed by atoms with Crippen LogP contribution in [0.4, 0.5) is 5.82 Å². The highest BCUT2D eigenvalue weighted by molar-refractivity contribution is 5.84. The number of phenolic OH excluding ortho intramolecular Hbond substituents is 1. The van der Waals surface area contributed by atoms with Gasteiger partial charge in [-0.3, -0.25) is 5.43 Å². The number of rotatable bonds is 3. The molecule has 0 atom stereocenters. The van der Waals surface area contributed by atoms with Crippen molar-refractivity contribution < 1.29 is 5.11 Å². The van der Waals surface area contributed by atoms with Gasteiger partial charge >= 0.3 is 0 Å². The average molecular weight is 404 g/mol. The Bertz CT molecular complexity index is 1080. The number of phenols is 1. The summed E-state index contributed by atoms with van der Waals surface area (Å²) in [5.74, 6) is 1.12. The van der Waals surface area contributed by atoms with Gasteiger partial charge in [0, 0.05) is 16.5 Å². The van der Waals surface area contributed by atoms with Gasteiger partial charge in [0.25, 0.3) is 0 Å². The molecule has 2 N–H and O–H groups in total. The third-order valence-electron chi connectivity index (χ3n) is 5.30. The molecular weight excluding hydrogens is 370 g/mol. The molecule has 0 unspecified atom stereocenters. The van der Waals surface area contributed by atoms with E-state index in [4.69, 9.17) is 4.98 Å². The summed E-state index contributed by atoms with van der Waals surface area (Å²) in [7, 11) is 0. The fourth-order valence-corrected chi connectivity index (χ4v) is 3.54. The van der Waals surface area contributed by atoms with Crippen molar-refractivity contribution in [3.8, 4) is 5.75 Å². The van der Waals surface area contributed by atoms with E-state index < -0.39 is 0 Å². The van der Waals surface area contributed by atoms with Crippen LogP contribution in [-0.2, 0) is 10.8 Å². The highest BCUT2D eigenvalue weighted by Gasteiger charge is 2.26. The second kappa shape index (κ2) is 7.75. The molecule has 4 heteroatoms. The van der Waals surface area contributed by atoms with E-state index in [1.165, 1.54) is 5.56 Å². The fourth-order valence-electron chi connectivity index (χ4n) is 3.54. The molecular formula is C26H33N3O. The van der Waals surface area contributed by atoms with Gasteiger partial charge in [-0.2, -0.15) is 5.10 Å². The number of pyridine rings is 1. The number of benzene rings is 2. The predicted octanol–water partition coefficient (Wildman–Crippen LogP) is 6.60. The van der Waals surface area contributed by atoms with Gasteiger partial charge in [0.05, 0.1) is 11.7 Å². The van der Waals surface area contributed by atoms with E-state index in [0.29, 0.717) is 5.75 Å². The Kier molecular flexibility index (Phi) is 5.64. The summed E-state index contributed by atoms with van der Waals surface area (Å²) in [6.45, 7) is 16.7. The molecule has 0 bridgehead atoms. The summed E-state index contributed by atoms with van der Waals surface area (Å²) in [6, 6.07) is 12.4. The van der Waals surface area contributed by atoms with Crippen molar-refractivity contribution in [3.05, 3.63) is 64.2 Å². The van der Waals surface area contributed by atoms with E-state index in [1.807, 2.05) is 19.1 Å². The molecule has 0 saturated heterocycles. The van der Waals surface area contributed by atoms with Gasteiger partial charge in [-0.25, -0.2) is 4.98 Å². The second-order valence-electron chi connectivity index (χ2n) is 10.2. The zero-order chi connectivity index (χ0) is 22.3. The lowest BCUT2D eigenvalue weighted by molar-refractivity contribution is 0.423. The first-order valence-electron chi connectivity index (χ1n) is 10.4. The van der Waals surface area contributed by atoms with E-state index >= 15 is 0 Å². The van der Waals surface area contributed by atoms with Crippen LogP contribution in [0.15, 0.2) is 41.5 Å². The van der Waals surface area contributed by atoms with E-state index in [2.05, 4.69) is 83.3 Å². The molecule has 3 rings (SSSR count). The van der Waals surface area contributed by atoms with Crippen LogP contribution in [0.1, 0.15) is 69.4 Å². The minimum Gasteiger partial charge on any atom is -0.507 e. The van der Waals surface area contributed by atoms with E-state index in [1.54, 1.807) is 6.21 Å². The molecule has 0 radical (unpaired) electrons. The average Bonchev–Trinajstić information content (AvgIpc) is 2.61. The number of fused-ring (bicyclic) bond motifs is 1. The third-order valence-corrected chi connectivity index (χ3v) is 5.30. The first kappa shape index (κ1) is 21.8. The van der Waals surface area contributed by atoms with Gasteiger partial charge in [0.15, 0.2) is 0 Å². The van der Waals surface area contributed by atoms with Crippen molar-refractivity contribution in [2.45, 2.75) is 66.2 Å². The van der Waals surface area contributed by atoms with Gasteiger partial charge in [-0.1, -0.05) is 53.7 Å². The Morgan fingerprint density at radius 1 is 0.900 bits per heavy atom. The van der Waals surface area contributed by atoms with Crippen molar-refractivity contribution in [1.82, 2.24) is 4.98 Å². The van der Waals surface area contributed by atoms with Gasteiger partial charge in [0.1, 0.15) is 11.6 Å². The summed E-state index contributed by atoms with van der Waals surface area (Å²) in [6.07, 6.45) is 1.80. The molecule has 158 valence electrons. The summed E-state index contributed by atoms with van der Waals surface area (Å²) in [5, 5.41) is 16.5. The molecule has 3 aromatic rings. The lowest BCUT2D eigenvalue weighted by Gasteiger charge is -2.27. The molecule has 4 nitrogen and oxygen atoms in total. The first-order valence-corrected chi connectivity index (χ1v) is 10.4. The highest BCUT2D eigenvalue weighted by atomic mass is 16.3.